The van der Waals surface area contributed by atoms with E-state index in [1.165, 1.54) is 54.6 Å². The lowest BCUT2D eigenvalue weighted by Crippen LogP contribution is -2.21. The number of allylic oxidation sites excluding steroid dienone is 2. The molecular formula is C36H25Cl4N5O8. The Morgan fingerprint density at radius 1 is 0.811 bits per heavy atom. The highest BCUT2D eigenvalue weighted by Crippen LogP contribution is 2.41. The van der Waals surface area contributed by atoms with Gasteiger partial charge in [0.05, 0.1) is 67.7 Å². The standard InChI is InChI=1S/C36H25Cl4N5O8/c1-3-52-35(50)24-18(32(47)42-30-26(24)29(46)28(41-30)20-14-16(37)10-12-21(20)39)8-6-5-7-9-19-25(36(51)53-4-2)27-31(43-33(19)48)44-45(34(27)49)23-15-17(38)11-13-22(23)40/h5,7-15,46H,3-4H2,1-2H3,(H2,41,42,47)(H2,43,44,48). The number of aromatic amines is 4. The van der Waals surface area contributed by atoms with Crippen LogP contribution < -0.4 is 16.7 Å². The van der Waals surface area contributed by atoms with Crippen molar-refractivity contribution >= 4 is 92.6 Å². The first-order valence-electron chi connectivity index (χ1n) is 15.6. The minimum absolute atomic E-state index is 0.0187. The number of rotatable bonds is 9. The third kappa shape index (κ3) is 6.96. The molecule has 53 heavy (non-hydrogen) atoms. The van der Waals surface area contributed by atoms with Gasteiger partial charge >= 0.3 is 11.9 Å². The fourth-order valence-electron chi connectivity index (χ4n) is 5.61. The summed E-state index contributed by atoms with van der Waals surface area (Å²) >= 11 is 24.9. The summed E-state index contributed by atoms with van der Waals surface area (Å²) in [6.07, 6.45) is 5.02. The van der Waals surface area contributed by atoms with Crippen LogP contribution in [-0.2, 0) is 9.47 Å². The van der Waals surface area contributed by atoms with Gasteiger partial charge in [-0.3, -0.25) is 19.5 Å². The van der Waals surface area contributed by atoms with Crippen LogP contribution in [0.15, 0.2) is 68.7 Å². The number of fused-ring (bicyclic) bond motifs is 2. The Hall–Kier alpha value is -5.69. The number of halogens is 4. The van der Waals surface area contributed by atoms with E-state index in [1.807, 2.05) is 0 Å². The number of esters is 2. The lowest BCUT2D eigenvalue weighted by molar-refractivity contribution is 0.0518. The topological polar surface area (TPSA) is 192 Å². The molecule has 0 bridgehead atoms. The summed E-state index contributed by atoms with van der Waals surface area (Å²) in [6, 6.07) is 9.04. The molecule has 0 unspecified atom stereocenters. The molecule has 0 atom stereocenters. The van der Waals surface area contributed by atoms with Crippen LogP contribution in [-0.4, -0.2) is 55.0 Å². The molecule has 17 heteroatoms. The highest BCUT2D eigenvalue weighted by Gasteiger charge is 2.27. The highest BCUT2D eigenvalue weighted by atomic mass is 35.5. The van der Waals surface area contributed by atoms with Gasteiger partial charge in [-0.05, 0) is 68.5 Å². The van der Waals surface area contributed by atoms with Crippen molar-refractivity contribution in [3.8, 4) is 22.7 Å². The van der Waals surface area contributed by atoms with E-state index < -0.39 is 34.4 Å². The maximum atomic E-state index is 13.7. The summed E-state index contributed by atoms with van der Waals surface area (Å²) in [5.41, 5.74) is 0.0784. The molecule has 0 spiro atoms. The van der Waals surface area contributed by atoms with E-state index in [0.29, 0.717) is 10.6 Å². The molecule has 0 aliphatic heterocycles. The van der Waals surface area contributed by atoms with E-state index in [0.717, 1.165) is 4.68 Å². The maximum absolute atomic E-state index is 13.7. The molecule has 4 aromatic heterocycles. The number of H-pyrrole nitrogens is 4. The third-order valence-electron chi connectivity index (χ3n) is 7.86. The van der Waals surface area contributed by atoms with E-state index in [1.54, 1.807) is 19.9 Å². The van der Waals surface area contributed by atoms with Crippen LogP contribution in [0.1, 0.15) is 45.7 Å². The van der Waals surface area contributed by atoms with Crippen LogP contribution in [0.4, 0.5) is 0 Å². The molecule has 0 saturated heterocycles. The first-order valence-corrected chi connectivity index (χ1v) is 17.1. The summed E-state index contributed by atoms with van der Waals surface area (Å²) in [5.74, 6) is -2.24. The fraction of sp³-hybridized carbons (Fsp3) is 0.111. The first-order chi connectivity index (χ1) is 25.4. The molecule has 6 aromatic rings. The maximum Gasteiger partial charge on any atom is 0.339 e. The molecule has 6 rings (SSSR count). The van der Waals surface area contributed by atoms with Crippen LogP contribution in [0, 0.1) is 0 Å². The van der Waals surface area contributed by atoms with Crippen molar-refractivity contribution in [2.45, 2.75) is 13.8 Å². The van der Waals surface area contributed by atoms with Gasteiger partial charge in [-0.1, -0.05) is 52.5 Å². The molecule has 5 N–H and O–H groups in total. The predicted molar refractivity (Wildman–Crippen MR) is 204 cm³/mol. The van der Waals surface area contributed by atoms with Crippen molar-refractivity contribution in [3.05, 3.63) is 128 Å². The lowest BCUT2D eigenvalue weighted by Gasteiger charge is -2.07. The van der Waals surface area contributed by atoms with Crippen molar-refractivity contribution in [3.63, 3.8) is 0 Å². The Morgan fingerprint density at radius 2 is 1.42 bits per heavy atom. The van der Waals surface area contributed by atoms with E-state index >= 15 is 0 Å². The summed E-state index contributed by atoms with van der Waals surface area (Å²) in [6.45, 7) is 3.06. The van der Waals surface area contributed by atoms with Crippen LogP contribution in [0.3, 0.4) is 0 Å². The zero-order valence-electron chi connectivity index (χ0n) is 27.5. The fourth-order valence-corrected chi connectivity index (χ4v) is 6.37. The van der Waals surface area contributed by atoms with Crippen molar-refractivity contribution in [2.24, 2.45) is 0 Å². The predicted octanol–water partition coefficient (Wildman–Crippen LogP) is 7.40. The Bertz CT molecular complexity index is 2760. The molecule has 0 amide bonds. The molecular weight excluding hydrogens is 772 g/mol. The highest BCUT2D eigenvalue weighted by molar-refractivity contribution is 6.36. The second-order valence-corrected chi connectivity index (χ2v) is 12.8. The van der Waals surface area contributed by atoms with Gasteiger partial charge in [0.1, 0.15) is 11.3 Å². The minimum Gasteiger partial charge on any atom is -0.505 e. The SMILES string of the molecule is CCOC(=O)c1c(C=C=CC=Cc2c(C(=O)OCC)c3c(=O)n(-c4cc(Cl)ccc4Cl)[nH]c3[nH]c2=O)c(=O)[nH]c2[nH]c(-c3cc(Cl)ccc3Cl)c(O)c12. The minimum atomic E-state index is -0.938. The summed E-state index contributed by atoms with van der Waals surface area (Å²) < 4.78 is 11.5. The second kappa shape index (κ2) is 15.1. The molecule has 2 aromatic carbocycles. The van der Waals surface area contributed by atoms with Crippen LogP contribution in [0.25, 0.3) is 51.2 Å². The van der Waals surface area contributed by atoms with E-state index in [-0.39, 0.29) is 84.0 Å². The number of hydrogen-bond acceptors (Lipinski definition) is 8. The largest absolute Gasteiger partial charge is 0.505 e. The summed E-state index contributed by atoms with van der Waals surface area (Å²) in [5, 5.41) is 14.8. The molecule has 0 aliphatic carbocycles. The number of pyridine rings is 2. The average Bonchev–Trinajstić information content (AvgIpc) is 3.61. The lowest BCUT2D eigenvalue weighted by atomic mass is 10.0. The number of carbonyl (C=O) groups is 2. The summed E-state index contributed by atoms with van der Waals surface area (Å²) in [4.78, 5) is 74.7. The number of aromatic hydroxyl groups is 1. The number of carbonyl (C=O) groups excluding carboxylic acids is 2. The van der Waals surface area contributed by atoms with Gasteiger partial charge in [0.2, 0.25) is 0 Å². The number of benzene rings is 2. The molecule has 0 aliphatic rings. The molecule has 0 saturated carbocycles. The number of nitrogens with one attached hydrogen (secondary N) is 4. The van der Waals surface area contributed by atoms with Gasteiger partial charge in [-0.25, -0.2) is 14.3 Å². The molecule has 0 fully saturated rings. The number of aromatic nitrogens is 5. The van der Waals surface area contributed by atoms with Crippen LogP contribution in [0.2, 0.25) is 20.1 Å². The van der Waals surface area contributed by atoms with Gasteiger partial charge < -0.3 is 29.5 Å². The quantitative estimate of drug-likeness (QED) is 0.0568. The van der Waals surface area contributed by atoms with Gasteiger partial charge in [0, 0.05) is 15.6 Å². The van der Waals surface area contributed by atoms with Crippen LogP contribution >= 0.6 is 46.4 Å². The van der Waals surface area contributed by atoms with E-state index in [2.05, 4.69) is 25.8 Å². The van der Waals surface area contributed by atoms with Crippen molar-refractivity contribution in [2.75, 3.05) is 13.2 Å². The Labute approximate surface area is 317 Å². The van der Waals surface area contributed by atoms with Crippen LogP contribution in [0.5, 0.6) is 5.75 Å². The second-order valence-electron chi connectivity index (χ2n) is 11.1. The Kier molecular flexibility index (Phi) is 10.6. The van der Waals surface area contributed by atoms with E-state index in [9.17, 15) is 29.1 Å². The normalized spacial score (nSPS) is 11.3. The average molecular weight is 797 g/mol. The van der Waals surface area contributed by atoms with E-state index in [4.69, 9.17) is 55.9 Å². The monoisotopic (exact) mass is 795 g/mol. The number of ether oxygens (including phenoxy) is 2. The van der Waals surface area contributed by atoms with Gasteiger partial charge in [-0.2, -0.15) is 0 Å². The van der Waals surface area contributed by atoms with Gasteiger partial charge in [0.25, 0.3) is 16.7 Å². The number of nitrogens with zero attached hydrogens (tertiary/aromatic N) is 1. The summed E-state index contributed by atoms with van der Waals surface area (Å²) in [7, 11) is 0. The zero-order chi connectivity index (χ0) is 38.1. The smallest absolute Gasteiger partial charge is 0.339 e. The van der Waals surface area contributed by atoms with Crippen molar-refractivity contribution < 1.29 is 24.2 Å². The van der Waals surface area contributed by atoms with Crippen molar-refractivity contribution in [1.82, 2.24) is 24.7 Å². The third-order valence-corrected chi connectivity index (χ3v) is 8.98. The van der Waals surface area contributed by atoms with Gasteiger partial charge in [0.15, 0.2) is 5.75 Å². The Morgan fingerprint density at radius 3 is 2.09 bits per heavy atom. The number of hydrogen-bond donors (Lipinski definition) is 5. The first kappa shape index (κ1) is 37.1. The molecule has 13 nitrogen and oxygen atoms in total. The van der Waals surface area contributed by atoms with Gasteiger partial charge in [-0.15, -0.1) is 5.73 Å². The zero-order valence-corrected chi connectivity index (χ0v) is 30.5. The Balaban J connectivity index is 1.47. The molecule has 270 valence electrons. The molecule has 4 heterocycles. The van der Waals surface area contributed by atoms with Crippen molar-refractivity contribution in [1.29, 1.82) is 0 Å². The molecule has 0 radical (unpaired) electrons.